The third-order valence-corrected chi connectivity index (χ3v) is 5.38. The molecule has 2 rings (SSSR count). The van der Waals surface area contributed by atoms with Crippen molar-refractivity contribution >= 4 is 11.3 Å². The average Bonchev–Trinajstić information content (AvgIpc) is 2.67. The van der Waals surface area contributed by atoms with E-state index in [1.807, 2.05) is 11.3 Å². The topological polar surface area (TPSA) is 12.0 Å². The Hall–Kier alpha value is -0.340. The molecule has 1 saturated carbocycles. The maximum atomic E-state index is 3.74. The highest BCUT2D eigenvalue weighted by Gasteiger charge is 2.19. The summed E-state index contributed by atoms with van der Waals surface area (Å²) in [7, 11) is 0. The first-order valence-electron chi connectivity index (χ1n) is 7.36. The van der Waals surface area contributed by atoms with Crippen LogP contribution >= 0.6 is 11.3 Å². The first-order valence-corrected chi connectivity index (χ1v) is 8.18. The van der Waals surface area contributed by atoms with Gasteiger partial charge >= 0.3 is 0 Å². The third-order valence-electron chi connectivity index (χ3n) is 4.39. The van der Waals surface area contributed by atoms with Crippen LogP contribution in [-0.4, -0.2) is 6.54 Å². The van der Waals surface area contributed by atoms with Gasteiger partial charge in [0.2, 0.25) is 0 Å². The summed E-state index contributed by atoms with van der Waals surface area (Å²) in [5.41, 5.74) is 1.50. The Labute approximate surface area is 116 Å². The van der Waals surface area contributed by atoms with Crippen LogP contribution < -0.4 is 5.32 Å². The van der Waals surface area contributed by atoms with Crippen LogP contribution in [0.2, 0.25) is 0 Å². The van der Waals surface area contributed by atoms with E-state index in [9.17, 15) is 0 Å². The predicted octanol–water partition coefficient (Wildman–Crippen LogP) is 4.84. The molecule has 1 aliphatic rings. The standard InChI is InChI=1S/C16H27NS/c1-11-5-7-15(8-6-11)10-17-13(3)16-9-12(2)18-14(16)4/h9,11,13,15,17H,5-8,10H2,1-4H3. The van der Waals surface area contributed by atoms with E-state index in [2.05, 4.69) is 39.1 Å². The molecule has 0 amide bonds. The molecule has 1 heterocycles. The number of thiophene rings is 1. The van der Waals surface area contributed by atoms with Crippen molar-refractivity contribution in [2.45, 2.75) is 59.4 Å². The zero-order valence-electron chi connectivity index (χ0n) is 12.3. The Balaban J connectivity index is 1.81. The highest BCUT2D eigenvalue weighted by atomic mass is 32.1. The largest absolute Gasteiger partial charge is 0.310 e. The molecule has 0 spiro atoms. The summed E-state index contributed by atoms with van der Waals surface area (Å²) in [6.45, 7) is 10.3. The fourth-order valence-electron chi connectivity index (χ4n) is 3.07. The molecule has 1 aromatic heterocycles. The van der Waals surface area contributed by atoms with E-state index >= 15 is 0 Å². The second-order valence-electron chi connectivity index (χ2n) is 6.12. The van der Waals surface area contributed by atoms with E-state index in [4.69, 9.17) is 0 Å². The van der Waals surface area contributed by atoms with Crippen LogP contribution in [0.15, 0.2) is 6.07 Å². The van der Waals surface area contributed by atoms with Crippen LogP contribution in [0, 0.1) is 25.7 Å². The normalized spacial score (nSPS) is 26.2. The summed E-state index contributed by atoms with van der Waals surface area (Å²) in [6, 6.07) is 2.86. The highest BCUT2D eigenvalue weighted by molar-refractivity contribution is 7.12. The zero-order valence-corrected chi connectivity index (χ0v) is 13.1. The molecule has 0 saturated heterocycles. The van der Waals surface area contributed by atoms with E-state index < -0.39 is 0 Å². The first kappa shape index (κ1) is 14.1. The lowest BCUT2D eigenvalue weighted by molar-refractivity contribution is 0.276. The molecule has 102 valence electrons. The summed E-state index contributed by atoms with van der Waals surface area (Å²) >= 11 is 1.92. The van der Waals surface area contributed by atoms with E-state index in [-0.39, 0.29) is 0 Å². The quantitative estimate of drug-likeness (QED) is 0.821. The average molecular weight is 265 g/mol. The minimum Gasteiger partial charge on any atom is -0.310 e. The number of rotatable bonds is 4. The lowest BCUT2D eigenvalue weighted by atomic mass is 9.83. The van der Waals surface area contributed by atoms with Crippen molar-refractivity contribution in [3.63, 3.8) is 0 Å². The van der Waals surface area contributed by atoms with Crippen LogP contribution in [0.1, 0.15) is 60.9 Å². The number of nitrogens with one attached hydrogen (secondary N) is 1. The minimum absolute atomic E-state index is 0.509. The van der Waals surface area contributed by atoms with Crippen LogP contribution in [-0.2, 0) is 0 Å². The summed E-state index contributed by atoms with van der Waals surface area (Å²) in [6.07, 6.45) is 5.69. The molecule has 1 fully saturated rings. The molecule has 0 bridgehead atoms. The second-order valence-corrected chi connectivity index (χ2v) is 7.58. The van der Waals surface area contributed by atoms with Gasteiger partial charge in [0.05, 0.1) is 0 Å². The number of aryl methyl sites for hydroxylation is 2. The molecule has 1 unspecified atom stereocenters. The van der Waals surface area contributed by atoms with Gasteiger partial charge in [-0.05, 0) is 63.6 Å². The molecule has 1 atom stereocenters. The van der Waals surface area contributed by atoms with Crippen LogP contribution in [0.5, 0.6) is 0 Å². The van der Waals surface area contributed by atoms with Crippen molar-refractivity contribution in [2.75, 3.05) is 6.54 Å². The smallest absolute Gasteiger partial charge is 0.0302 e. The molecule has 0 radical (unpaired) electrons. The van der Waals surface area contributed by atoms with Crippen LogP contribution in [0.25, 0.3) is 0 Å². The molecular weight excluding hydrogens is 238 g/mol. The Morgan fingerprint density at radius 1 is 1.28 bits per heavy atom. The summed E-state index contributed by atoms with van der Waals surface area (Å²) in [4.78, 5) is 2.91. The molecule has 0 aromatic carbocycles. The first-order chi connectivity index (χ1) is 8.56. The van der Waals surface area contributed by atoms with Gasteiger partial charge in [-0.25, -0.2) is 0 Å². The molecular formula is C16H27NS. The van der Waals surface area contributed by atoms with Crippen molar-refractivity contribution in [1.82, 2.24) is 5.32 Å². The highest BCUT2D eigenvalue weighted by Crippen LogP contribution is 2.29. The van der Waals surface area contributed by atoms with Crippen LogP contribution in [0.3, 0.4) is 0 Å². The monoisotopic (exact) mass is 265 g/mol. The lowest BCUT2D eigenvalue weighted by Crippen LogP contribution is -2.28. The van der Waals surface area contributed by atoms with Crippen molar-refractivity contribution < 1.29 is 0 Å². The molecule has 1 nitrogen and oxygen atoms in total. The molecule has 18 heavy (non-hydrogen) atoms. The molecule has 1 aromatic rings. The zero-order chi connectivity index (χ0) is 13.1. The van der Waals surface area contributed by atoms with Crippen molar-refractivity contribution in [1.29, 1.82) is 0 Å². The van der Waals surface area contributed by atoms with Crippen molar-refractivity contribution in [3.05, 3.63) is 21.4 Å². The van der Waals surface area contributed by atoms with Gasteiger partial charge < -0.3 is 5.32 Å². The summed E-state index contributed by atoms with van der Waals surface area (Å²) in [5, 5.41) is 3.74. The Morgan fingerprint density at radius 3 is 2.50 bits per heavy atom. The Kier molecular flexibility index (Phi) is 4.85. The van der Waals surface area contributed by atoms with Gasteiger partial charge in [0, 0.05) is 15.8 Å². The van der Waals surface area contributed by atoms with E-state index in [1.54, 1.807) is 0 Å². The van der Waals surface area contributed by atoms with Gasteiger partial charge in [0.15, 0.2) is 0 Å². The lowest BCUT2D eigenvalue weighted by Gasteiger charge is -2.27. The number of hydrogen-bond acceptors (Lipinski definition) is 2. The molecule has 1 aliphatic carbocycles. The van der Waals surface area contributed by atoms with Gasteiger partial charge in [-0.1, -0.05) is 19.8 Å². The SMILES string of the molecule is Cc1cc(C(C)NCC2CCC(C)CC2)c(C)s1. The van der Waals surface area contributed by atoms with Gasteiger partial charge in [0.25, 0.3) is 0 Å². The molecule has 0 aliphatic heterocycles. The van der Waals surface area contributed by atoms with Gasteiger partial charge in [-0.15, -0.1) is 11.3 Å². The van der Waals surface area contributed by atoms with E-state index in [0.29, 0.717) is 6.04 Å². The maximum absolute atomic E-state index is 3.74. The third kappa shape index (κ3) is 3.58. The maximum Gasteiger partial charge on any atom is 0.0302 e. The van der Waals surface area contributed by atoms with Crippen LogP contribution in [0.4, 0.5) is 0 Å². The fraction of sp³-hybridized carbons (Fsp3) is 0.750. The second kappa shape index (κ2) is 6.21. The van der Waals surface area contributed by atoms with Crippen molar-refractivity contribution in [2.24, 2.45) is 11.8 Å². The van der Waals surface area contributed by atoms with E-state index in [1.165, 1.54) is 47.5 Å². The van der Waals surface area contributed by atoms with Crippen molar-refractivity contribution in [3.8, 4) is 0 Å². The molecule has 2 heteroatoms. The van der Waals surface area contributed by atoms with E-state index in [0.717, 1.165) is 11.8 Å². The fourth-order valence-corrected chi connectivity index (χ4v) is 4.09. The Bertz CT molecular complexity index is 374. The van der Waals surface area contributed by atoms with Gasteiger partial charge in [-0.2, -0.15) is 0 Å². The Morgan fingerprint density at radius 2 is 1.94 bits per heavy atom. The predicted molar refractivity (Wildman–Crippen MR) is 81.3 cm³/mol. The molecule has 1 N–H and O–H groups in total. The summed E-state index contributed by atoms with van der Waals surface area (Å²) in [5.74, 6) is 1.86. The summed E-state index contributed by atoms with van der Waals surface area (Å²) < 4.78 is 0. The number of hydrogen-bond donors (Lipinski definition) is 1. The van der Waals surface area contributed by atoms with Gasteiger partial charge in [-0.3, -0.25) is 0 Å². The van der Waals surface area contributed by atoms with Gasteiger partial charge in [0.1, 0.15) is 0 Å². The minimum atomic E-state index is 0.509.